The molecular formula is C64H90O13. The third kappa shape index (κ3) is 7.73. The lowest BCUT2D eigenvalue weighted by Crippen LogP contribution is -2.62. The molecule has 0 aromatic rings. The van der Waals surface area contributed by atoms with E-state index in [1.165, 1.54) is 5.57 Å². The minimum Gasteiger partial charge on any atom is -0.393 e. The van der Waals surface area contributed by atoms with Crippen molar-refractivity contribution < 1.29 is 64.5 Å². The van der Waals surface area contributed by atoms with Crippen LogP contribution in [0, 0.1) is 85.8 Å². The van der Waals surface area contributed by atoms with Crippen molar-refractivity contribution in [3.63, 3.8) is 0 Å². The van der Waals surface area contributed by atoms with Crippen LogP contribution >= 0.6 is 0 Å². The predicted octanol–water partition coefficient (Wildman–Crippen LogP) is 7.54. The van der Waals surface area contributed by atoms with Crippen molar-refractivity contribution in [1.29, 1.82) is 0 Å². The molecular weight excluding hydrogens is 977 g/mol. The fourth-order valence-electron chi connectivity index (χ4n) is 22.4. The molecule has 7 N–H and O–H groups in total. The summed E-state index contributed by atoms with van der Waals surface area (Å²) in [5, 5.41) is 79.7. The van der Waals surface area contributed by atoms with Gasteiger partial charge in [-0.3, -0.25) is 28.8 Å². The van der Waals surface area contributed by atoms with Crippen molar-refractivity contribution in [2.75, 3.05) is 6.61 Å². The summed E-state index contributed by atoms with van der Waals surface area (Å²) in [6, 6.07) is 0. The van der Waals surface area contributed by atoms with Gasteiger partial charge in [-0.1, -0.05) is 58.3 Å². The van der Waals surface area contributed by atoms with E-state index in [1.807, 2.05) is 32.9 Å². The van der Waals surface area contributed by atoms with E-state index in [1.54, 1.807) is 6.08 Å². The Morgan fingerprint density at radius 3 is 1.01 bits per heavy atom. The summed E-state index contributed by atoms with van der Waals surface area (Å²) in [6.07, 6.45) is 16.9. The lowest BCUT2D eigenvalue weighted by molar-refractivity contribution is -0.182. The second-order valence-corrected chi connectivity index (χ2v) is 29.2. The maximum atomic E-state index is 14.1. The van der Waals surface area contributed by atoms with E-state index in [2.05, 4.69) is 20.8 Å². The van der Waals surface area contributed by atoms with E-state index in [9.17, 15) is 64.5 Å². The molecule has 9 fully saturated rings. The molecule has 9 saturated carbocycles. The fraction of sp³-hybridized carbons (Fsp3) is 0.812. The predicted molar refractivity (Wildman–Crippen MR) is 285 cm³/mol. The Labute approximate surface area is 455 Å². The highest BCUT2D eigenvalue weighted by Crippen LogP contribution is 2.71. The van der Waals surface area contributed by atoms with Crippen LogP contribution < -0.4 is 0 Å². The highest BCUT2D eigenvalue weighted by atomic mass is 16.3. The topological polar surface area (TPSA) is 244 Å². The average molecular weight is 1070 g/mol. The molecule has 0 aromatic heterocycles. The fourth-order valence-corrected chi connectivity index (χ4v) is 22.4. The summed E-state index contributed by atoms with van der Waals surface area (Å²) in [4.78, 5) is 76.9. The van der Waals surface area contributed by atoms with Crippen molar-refractivity contribution in [1.82, 2.24) is 0 Å². The lowest BCUT2D eigenvalue weighted by atomic mass is 9.45. The smallest absolute Gasteiger partial charge is 0.190 e. The summed E-state index contributed by atoms with van der Waals surface area (Å²) in [7, 11) is 0. The van der Waals surface area contributed by atoms with Gasteiger partial charge in [0.1, 0.15) is 23.4 Å². The molecule has 0 radical (unpaired) electrons. The summed E-state index contributed by atoms with van der Waals surface area (Å²) >= 11 is 0. The van der Waals surface area contributed by atoms with Gasteiger partial charge in [0.2, 0.25) is 0 Å². The number of carbonyl (C=O) groups is 6. The van der Waals surface area contributed by atoms with Gasteiger partial charge in [0.25, 0.3) is 0 Å². The number of aliphatic hydroxyl groups excluding tert-OH is 4. The Kier molecular flexibility index (Phi) is 13.6. The van der Waals surface area contributed by atoms with Crippen molar-refractivity contribution >= 4 is 34.7 Å². The van der Waals surface area contributed by atoms with Crippen molar-refractivity contribution in [3.05, 3.63) is 34.9 Å². The number of rotatable bonds is 8. The molecule has 0 aliphatic heterocycles. The molecule has 77 heavy (non-hydrogen) atoms. The number of fused-ring (bicyclic) bond motifs is 15. The first-order valence-electron chi connectivity index (χ1n) is 30.2. The molecule has 13 heteroatoms. The van der Waals surface area contributed by atoms with Crippen LogP contribution in [0.1, 0.15) is 196 Å². The van der Waals surface area contributed by atoms with Crippen molar-refractivity contribution in [2.24, 2.45) is 85.8 Å². The second kappa shape index (κ2) is 18.7. The minimum atomic E-state index is -1.58. The molecule has 12 aliphatic carbocycles. The molecule has 12 rings (SSSR count). The van der Waals surface area contributed by atoms with E-state index in [0.29, 0.717) is 57.8 Å². The van der Waals surface area contributed by atoms with Crippen molar-refractivity contribution in [3.8, 4) is 0 Å². The highest BCUT2D eigenvalue weighted by molar-refractivity contribution is 5.94. The Balaban J connectivity index is 0.000000203. The van der Waals surface area contributed by atoms with E-state index in [-0.39, 0.29) is 118 Å². The first-order valence-corrected chi connectivity index (χ1v) is 30.2. The number of allylic oxidation sites excluding steroid dienone is 3. The third-order valence-electron chi connectivity index (χ3n) is 26.5. The second-order valence-electron chi connectivity index (χ2n) is 29.2. The number of hydrogen-bond donors (Lipinski definition) is 7. The van der Waals surface area contributed by atoms with Gasteiger partial charge in [0.15, 0.2) is 34.7 Å². The Morgan fingerprint density at radius 1 is 0.442 bits per heavy atom. The zero-order valence-electron chi connectivity index (χ0n) is 46.9. The Hall–Kier alpha value is -3.04. The molecule has 21 atom stereocenters. The van der Waals surface area contributed by atoms with Gasteiger partial charge in [-0.15, -0.1) is 0 Å². The molecule has 0 saturated heterocycles. The SMILES string of the molecule is C[C@]12CCC(=O)C=C1CC[C@@H]1[C@@H]2[C@@H](O)C[C@@]2(C)[C@H]1CC[C@]2(O)C(=O)CCCC(=O)[C@@]1(O)CC[C@H]2[C@@H]3CCC4=CC(=O)CC[C@]4(C)[C@H]3[C@@H](O)C[C@@]21C.C[C@]12CCC(=O)C=C1CC[C@@H]1[C@@H]2[C@@H](O)C[C@@]2(C)[C@H]1CC[C@]2(O)C(=O)CO. The van der Waals surface area contributed by atoms with Gasteiger partial charge < -0.3 is 35.7 Å². The third-order valence-corrected chi connectivity index (χ3v) is 26.5. The van der Waals surface area contributed by atoms with Gasteiger partial charge in [-0.25, -0.2) is 0 Å². The molecule has 0 spiro atoms. The van der Waals surface area contributed by atoms with Crippen LogP contribution in [-0.4, -0.2) is 112 Å². The molecule has 0 amide bonds. The Bertz CT molecular complexity index is 2500. The summed E-state index contributed by atoms with van der Waals surface area (Å²) in [5.41, 5.74) is -4.09. The van der Waals surface area contributed by atoms with Crippen LogP contribution in [0.15, 0.2) is 34.9 Å². The van der Waals surface area contributed by atoms with Gasteiger partial charge in [0, 0.05) is 48.3 Å². The van der Waals surface area contributed by atoms with Crippen LogP contribution in [0.2, 0.25) is 0 Å². The standard InChI is InChI=1S/C43H60O8.C21H30O5/c1-38-16-12-26(44)20-24(38)8-10-28-30-14-18-42(50,40(30,3)22-32(46)36(28)38)34(48)6-5-7-35(49)43(51)19-15-31-29-11-9-25-21-27(45)13-17-39(25,2)37(29)33(47)23-41(31,43)4;1-19-7-5-13(23)9-12(19)3-4-14-15-6-8-21(26,17(25)11-22)20(15,2)10-16(24)18(14)19/h20-21,28-33,36-37,46-47,50-51H,5-19,22-23H2,1-4H3;9,14-16,18,22,24,26H,3-8,10-11H2,1-2H3/t28-,29-,30-,31-,32-,33-,36+,37+,38-,39-,40-,41-,42-,43-;14-,15-,16-,18+,19-,20-,21-/m00/s1. The van der Waals surface area contributed by atoms with Crippen LogP contribution in [0.25, 0.3) is 0 Å². The van der Waals surface area contributed by atoms with E-state index in [4.69, 9.17) is 0 Å². The van der Waals surface area contributed by atoms with Gasteiger partial charge in [-0.2, -0.15) is 0 Å². The number of hydrogen-bond acceptors (Lipinski definition) is 13. The lowest BCUT2D eigenvalue weighted by Gasteiger charge is -2.60. The maximum Gasteiger partial charge on any atom is 0.190 e. The van der Waals surface area contributed by atoms with Crippen LogP contribution in [0.4, 0.5) is 0 Å². The molecule has 12 aliphatic rings. The minimum absolute atomic E-state index is 0.00605. The van der Waals surface area contributed by atoms with E-state index >= 15 is 0 Å². The average Bonchev–Trinajstić information content (AvgIpc) is 4.20. The largest absolute Gasteiger partial charge is 0.393 e. The van der Waals surface area contributed by atoms with Gasteiger partial charge in [0.05, 0.1) is 18.3 Å². The quantitative estimate of drug-likeness (QED) is 0.124. The normalized spacial score (nSPS) is 51.2. The Morgan fingerprint density at radius 2 is 0.727 bits per heavy atom. The number of ketones is 6. The molecule has 0 bridgehead atoms. The van der Waals surface area contributed by atoms with Crippen LogP contribution in [0.5, 0.6) is 0 Å². The highest BCUT2D eigenvalue weighted by Gasteiger charge is 2.71. The first kappa shape index (κ1) is 55.8. The summed E-state index contributed by atoms with van der Waals surface area (Å²) in [6.45, 7) is 11.8. The molecule has 424 valence electrons. The molecule has 0 aromatic carbocycles. The zero-order chi connectivity index (χ0) is 55.4. The van der Waals surface area contributed by atoms with Crippen molar-refractivity contribution in [2.45, 2.75) is 231 Å². The molecule has 13 nitrogen and oxygen atoms in total. The van der Waals surface area contributed by atoms with Gasteiger partial charge in [-0.05, 0) is 210 Å². The number of aliphatic hydroxyl groups is 7. The summed E-state index contributed by atoms with van der Waals surface area (Å²) in [5.74, 6) is 0.494. The first-order chi connectivity index (χ1) is 36.1. The van der Waals surface area contributed by atoms with Gasteiger partial charge >= 0.3 is 0 Å². The van der Waals surface area contributed by atoms with Crippen LogP contribution in [0.3, 0.4) is 0 Å². The molecule has 0 heterocycles. The maximum absolute atomic E-state index is 14.1. The molecule has 0 unspecified atom stereocenters. The van der Waals surface area contributed by atoms with E-state index < -0.39 is 63.8 Å². The zero-order valence-corrected chi connectivity index (χ0v) is 46.9. The summed E-state index contributed by atoms with van der Waals surface area (Å²) < 4.78 is 0. The van der Waals surface area contributed by atoms with Crippen LogP contribution in [-0.2, 0) is 28.8 Å². The monoisotopic (exact) mass is 1070 g/mol. The number of carbonyl (C=O) groups excluding carboxylic acids is 6. The number of Topliss-reactive ketones (excluding diaryl/α,β-unsaturated/α-hetero) is 3. The van der Waals surface area contributed by atoms with E-state index in [0.717, 1.165) is 88.2 Å².